The quantitative estimate of drug-likeness (QED) is 0.782. The van der Waals surface area contributed by atoms with Crippen LogP contribution in [0.15, 0.2) is 28.7 Å². The van der Waals surface area contributed by atoms with Crippen LogP contribution >= 0.6 is 15.9 Å². The van der Waals surface area contributed by atoms with Crippen LogP contribution in [0, 0.1) is 6.92 Å². The fourth-order valence-corrected chi connectivity index (χ4v) is 3.70. The van der Waals surface area contributed by atoms with Crippen molar-refractivity contribution < 1.29 is 4.79 Å². The van der Waals surface area contributed by atoms with E-state index in [1.807, 2.05) is 36.1 Å². The van der Waals surface area contributed by atoms with Gasteiger partial charge in [-0.25, -0.2) is 4.98 Å². The third-order valence-electron chi connectivity index (χ3n) is 4.71. The number of aromatic nitrogens is 2. The summed E-state index contributed by atoms with van der Waals surface area (Å²) >= 11 is 3.53. The first-order valence-electron chi connectivity index (χ1n) is 8.76. The number of carbonyl (C=O) groups is 1. The molecular weight excluding hydrogens is 380 g/mol. The molecule has 3 rings (SSSR count). The Balaban J connectivity index is 2.03. The largest absolute Gasteiger partial charge is 0.323 e. The van der Waals surface area contributed by atoms with Gasteiger partial charge in [0, 0.05) is 28.2 Å². The number of carbonyl (C=O) groups excluding carboxylic acids is 1. The summed E-state index contributed by atoms with van der Waals surface area (Å²) in [4.78, 5) is 23.8. The Bertz CT molecular complexity index is 789. The second kappa shape index (κ2) is 7.52. The Hall–Kier alpha value is -1.95. The molecule has 6 heteroatoms. The number of anilines is 3. The van der Waals surface area contributed by atoms with E-state index in [0.717, 1.165) is 40.1 Å². The monoisotopic (exact) mass is 402 g/mol. The molecular formula is C19H23BrN4O. The average Bonchev–Trinajstić information content (AvgIpc) is 2.60. The molecule has 25 heavy (non-hydrogen) atoms. The van der Waals surface area contributed by atoms with Gasteiger partial charge in [-0.05, 0) is 54.2 Å². The van der Waals surface area contributed by atoms with Crippen molar-refractivity contribution in [1.82, 2.24) is 9.97 Å². The number of halogens is 1. The summed E-state index contributed by atoms with van der Waals surface area (Å²) in [5, 5.41) is 3.27. The van der Waals surface area contributed by atoms with Gasteiger partial charge in [0.1, 0.15) is 5.82 Å². The van der Waals surface area contributed by atoms with Crippen LogP contribution in [-0.2, 0) is 11.2 Å². The molecule has 1 aliphatic heterocycles. The van der Waals surface area contributed by atoms with Crippen LogP contribution < -0.4 is 10.2 Å². The van der Waals surface area contributed by atoms with Crippen molar-refractivity contribution in [2.24, 2.45) is 0 Å². The predicted octanol–water partition coefficient (Wildman–Crippen LogP) is 4.76. The third-order valence-corrected chi connectivity index (χ3v) is 5.40. The molecule has 0 bridgehead atoms. The van der Waals surface area contributed by atoms with Gasteiger partial charge in [0.25, 0.3) is 0 Å². The molecule has 0 radical (unpaired) electrons. The lowest BCUT2D eigenvalue weighted by Crippen LogP contribution is -2.43. The number of nitrogens with zero attached hydrogens (tertiary/aromatic N) is 3. The minimum Gasteiger partial charge on any atom is -0.323 e. The molecule has 1 aliphatic rings. The highest BCUT2D eigenvalue weighted by Crippen LogP contribution is 2.33. The highest BCUT2D eigenvalue weighted by Gasteiger charge is 2.31. The van der Waals surface area contributed by atoms with Crippen molar-refractivity contribution in [2.75, 3.05) is 10.2 Å². The van der Waals surface area contributed by atoms with Gasteiger partial charge in [0.05, 0.1) is 5.69 Å². The van der Waals surface area contributed by atoms with E-state index in [9.17, 15) is 4.79 Å². The fraction of sp³-hybridized carbons (Fsp3) is 0.421. The second-order valence-electron chi connectivity index (χ2n) is 6.27. The maximum atomic E-state index is 12.6. The van der Waals surface area contributed by atoms with Gasteiger partial charge >= 0.3 is 0 Å². The van der Waals surface area contributed by atoms with E-state index >= 15 is 0 Å². The first-order valence-corrected chi connectivity index (χ1v) is 9.55. The van der Waals surface area contributed by atoms with Crippen LogP contribution in [0.2, 0.25) is 0 Å². The number of benzene rings is 1. The zero-order valence-electron chi connectivity index (χ0n) is 14.8. The van der Waals surface area contributed by atoms with Crippen LogP contribution in [0.4, 0.5) is 17.5 Å². The summed E-state index contributed by atoms with van der Waals surface area (Å²) in [5.41, 5.74) is 2.92. The molecule has 0 spiro atoms. The van der Waals surface area contributed by atoms with Crippen molar-refractivity contribution in [3.63, 3.8) is 0 Å². The molecule has 1 aromatic carbocycles. The number of hydrogen-bond acceptors (Lipinski definition) is 4. The summed E-state index contributed by atoms with van der Waals surface area (Å²) in [6.07, 6.45) is 3.08. The van der Waals surface area contributed by atoms with Crippen molar-refractivity contribution in [3.8, 4) is 0 Å². The molecule has 2 heterocycles. The lowest BCUT2D eigenvalue weighted by Gasteiger charge is -2.35. The fourth-order valence-electron chi connectivity index (χ4n) is 3.31. The summed E-state index contributed by atoms with van der Waals surface area (Å²) < 4.78 is 0.946. The summed E-state index contributed by atoms with van der Waals surface area (Å²) in [5.74, 6) is 1.45. The van der Waals surface area contributed by atoms with E-state index in [0.29, 0.717) is 18.8 Å². The lowest BCUT2D eigenvalue weighted by molar-refractivity contribution is -0.119. The number of rotatable bonds is 5. The minimum absolute atomic E-state index is 0.158. The Morgan fingerprint density at radius 3 is 2.60 bits per heavy atom. The third kappa shape index (κ3) is 3.54. The number of aryl methyl sites for hydroxylation is 1. The molecule has 0 atom stereocenters. The molecule has 1 N–H and O–H groups in total. The molecule has 0 unspecified atom stereocenters. The normalized spacial score (nSPS) is 14.0. The van der Waals surface area contributed by atoms with Crippen molar-refractivity contribution in [3.05, 3.63) is 40.0 Å². The molecule has 1 aromatic heterocycles. The van der Waals surface area contributed by atoms with E-state index in [4.69, 9.17) is 4.98 Å². The van der Waals surface area contributed by atoms with Crippen molar-refractivity contribution >= 4 is 39.3 Å². The van der Waals surface area contributed by atoms with E-state index in [2.05, 4.69) is 40.1 Å². The molecule has 0 fully saturated rings. The maximum absolute atomic E-state index is 12.6. The van der Waals surface area contributed by atoms with Crippen molar-refractivity contribution in [1.29, 1.82) is 0 Å². The van der Waals surface area contributed by atoms with Gasteiger partial charge in [0.15, 0.2) is 0 Å². The summed E-state index contributed by atoms with van der Waals surface area (Å²) in [6, 6.07) is 8.02. The zero-order valence-corrected chi connectivity index (χ0v) is 16.4. The van der Waals surface area contributed by atoms with Crippen molar-refractivity contribution in [2.45, 2.75) is 52.5 Å². The predicted molar refractivity (Wildman–Crippen MR) is 104 cm³/mol. The average molecular weight is 403 g/mol. The number of nitrogens with one attached hydrogen (secondary N) is 1. The Morgan fingerprint density at radius 2 is 1.92 bits per heavy atom. The van der Waals surface area contributed by atoms with Gasteiger partial charge in [0.2, 0.25) is 11.9 Å². The highest BCUT2D eigenvalue weighted by atomic mass is 79.9. The van der Waals surface area contributed by atoms with Crippen LogP contribution in [0.3, 0.4) is 0 Å². The molecule has 5 nitrogen and oxygen atoms in total. The maximum Gasteiger partial charge on any atom is 0.229 e. The minimum atomic E-state index is 0.158. The summed E-state index contributed by atoms with van der Waals surface area (Å²) in [7, 11) is 0. The van der Waals surface area contributed by atoms with Gasteiger partial charge in [-0.3, -0.25) is 9.69 Å². The Morgan fingerprint density at radius 1 is 1.20 bits per heavy atom. The highest BCUT2D eigenvalue weighted by molar-refractivity contribution is 9.10. The summed E-state index contributed by atoms with van der Waals surface area (Å²) in [6.45, 7) is 6.22. The van der Waals surface area contributed by atoms with Gasteiger partial charge in [-0.2, -0.15) is 4.98 Å². The zero-order chi connectivity index (χ0) is 18.0. The number of hydrogen-bond donors (Lipinski definition) is 1. The SMILES string of the molecule is CCC(CC)N1C(=O)CCc2c(C)nc(Nc3ccccc3Br)nc21. The van der Waals surface area contributed by atoms with E-state index in [-0.39, 0.29) is 11.9 Å². The Kier molecular flexibility index (Phi) is 5.37. The first kappa shape index (κ1) is 17.9. The molecule has 1 amide bonds. The molecule has 132 valence electrons. The number of fused-ring (bicyclic) bond motifs is 1. The molecule has 0 aliphatic carbocycles. The number of amides is 1. The van der Waals surface area contributed by atoms with Gasteiger partial charge < -0.3 is 5.32 Å². The molecule has 0 saturated heterocycles. The van der Waals surface area contributed by atoms with Gasteiger partial charge in [-0.15, -0.1) is 0 Å². The van der Waals surface area contributed by atoms with Crippen LogP contribution in [-0.4, -0.2) is 21.9 Å². The second-order valence-corrected chi connectivity index (χ2v) is 7.13. The molecule has 0 saturated carbocycles. The lowest BCUT2D eigenvalue weighted by atomic mass is 10.00. The van der Waals surface area contributed by atoms with Gasteiger partial charge in [-0.1, -0.05) is 26.0 Å². The first-order chi connectivity index (χ1) is 12.0. The molecule has 2 aromatic rings. The van der Waals surface area contributed by atoms with Crippen LogP contribution in [0.1, 0.15) is 44.4 Å². The van der Waals surface area contributed by atoms with Crippen LogP contribution in [0.25, 0.3) is 0 Å². The standard InChI is InChI=1S/C19H23BrN4O/c1-4-13(5-2)24-17(25)11-10-14-12(3)21-19(23-18(14)24)22-16-9-7-6-8-15(16)20/h6-9,13H,4-5,10-11H2,1-3H3,(H,21,22,23). The van der Waals surface area contributed by atoms with E-state index in [1.54, 1.807) is 0 Å². The Labute approximate surface area is 157 Å². The van der Waals surface area contributed by atoms with E-state index in [1.165, 1.54) is 0 Å². The van der Waals surface area contributed by atoms with E-state index < -0.39 is 0 Å². The smallest absolute Gasteiger partial charge is 0.229 e. The van der Waals surface area contributed by atoms with Crippen LogP contribution in [0.5, 0.6) is 0 Å². The topological polar surface area (TPSA) is 58.1 Å². The number of para-hydroxylation sites is 1.